The predicted molar refractivity (Wildman–Crippen MR) is 55.8 cm³/mol. The number of rotatable bonds is 10. The summed E-state index contributed by atoms with van der Waals surface area (Å²) in [7, 11) is 0. The first-order valence-corrected chi connectivity index (χ1v) is 5.21. The van der Waals surface area contributed by atoms with Gasteiger partial charge in [0.1, 0.15) is 0 Å². The monoisotopic (exact) mass is 186 g/mol. The molecule has 0 aromatic rings. The minimum absolute atomic E-state index is 0.235. The first-order valence-electron chi connectivity index (χ1n) is 5.21. The zero-order valence-corrected chi connectivity index (χ0v) is 8.50. The van der Waals surface area contributed by atoms with E-state index in [0.717, 1.165) is 25.9 Å². The number of hydrogen-bond donors (Lipinski definition) is 1. The fourth-order valence-electron chi connectivity index (χ4n) is 1.12. The summed E-state index contributed by atoms with van der Waals surface area (Å²) in [5, 5.41) is 8.48. The Bertz CT molecular complexity index is 102. The van der Waals surface area contributed by atoms with Crippen molar-refractivity contribution in [1.29, 1.82) is 0 Å². The van der Waals surface area contributed by atoms with Crippen LogP contribution in [0.5, 0.6) is 0 Å². The van der Waals surface area contributed by atoms with Crippen molar-refractivity contribution in [3.63, 3.8) is 0 Å². The van der Waals surface area contributed by atoms with E-state index in [2.05, 4.69) is 6.58 Å². The normalized spacial score (nSPS) is 10.2. The molecule has 0 aliphatic heterocycles. The first-order chi connectivity index (χ1) is 6.41. The van der Waals surface area contributed by atoms with Crippen molar-refractivity contribution >= 4 is 0 Å². The van der Waals surface area contributed by atoms with Crippen molar-refractivity contribution in [3.05, 3.63) is 12.7 Å². The highest BCUT2D eigenvalue weighted by molar-refractivity contribution is 4.65. The van der Waals surface area contributed by atoms with E-state index in [9.17, 15) is 0 Å². The maximum absolute atomic E-state index is 8.48. The molecule has 0 rings (SSSR count). The van der Waals surface area contributed by atoms with Crippen molar-refractivity contribution in [2.45, 2.75) is 38.5 Å². The molecule has 78 valence electrons. The van der Waals surface area contributed by atoms with E-state index in [-0.39, 0.29) is 6.61 Å². The van der Waals surface area contributed by atoms with Gasteiger partial charge in [0.25, 0.3) is 0 Å². The molecule has 0 heterocycles. The van der Waals surface area contributed by atoms with Gasteiger partial charge in [-0.05, 0) is 25.7 Å². The second-order valence-electron chi connectivity index (χ2n) is 3.18. The maximum atomic E-state index is 8.48. The van der Waals surface area contributed by atoms with Crippen LogP contribution in [0.25, 0.3) is 0 Å². The van der Waals surface area contributed by atoms with Crippen LogP contribution in [-0.2, 0) is 4.74 Å². The summed E-state index contributed by atoms with van der Waals surface area (Å²) < 4.78 is 5.30. The molecule has 0 aromatic carbocycles. The number of allylic oxidation sites excluding steroid dienone is 1. The van der Waals surface area contributed by atoms with Crippen LogP contribution in [0.3, 0.4) is 0 Å². The van der Waals surface area contributed by atoms with E-state index in [1.807, 2.05) is 6.08 Å². The van der Waals surface area contributed by atoms with Gasteiger partial charge in [0.2, 0.25) is 0 Å². The van der Waals surface area contributed by atoms with Crippen LogP contribution in [0.15, 0.2) is 12.7 Å². The molecule has 0 atom stereocenters. The van der Waals surface area contributed by atoms with Crippen molar-refractivity contribution in [1.82, 2.24) is 0 Å². The van der Waals surface area contributed by atoms with E-state index < -0.39 is 0 Å². The lowest BCUT2D eigenvalue weighted by molar-refractivity contribution is 0.112. The van der Waals surface area contributed by atoms with Crippen molar-refractivity contribution in [3.8, 4) is 0 Å². The largest absolute Gasteiger partial charge is 0.396 e. The van der Waals surface area contributed by atoms with Crippen LogP contribution in [0.2, 0.25) is 0 Å². The van der Waals surface area contributed by atoms with Gasteiger partial charge in [0.15, 0.2) is 0 Å². The van der Waals surface area contributed by atoms with Crippen LogP contribution < -0.4 is 0 Å². The van der Waals surface area contributed by atoms with Gasteiger partial charge < -0.3 is 9.84 Å². The minimum Gasteiger partial charge on any atom is -0.396 e. The quantitative estimate of drug-likeness (QED) is 0.419. The van der Waals surface area contributed by atoms with Crippen LogP contribution in [0.1, 0.15) is 38.5 Å². The average molecular weight is 186 g/mol. The molecule has 0 aliphatic carbocycles. The molecule has 0 fully saturated rings. The molecule has 0 aliphatic rings. The van der Waals surface area contributed by atoms with Gasteiger partial charge in [-0.1, -0.05) is 18.9 Å². The van der Waals surface area contributed by atoms with Gasteiger partial charge in [0, 0.05) is 19.8 Å². The highest BCUT2D eigenvalue weighted by Gasteiger charge is 1.90. The molecular formula is C11H22O2. The Morgan fingerprint density at radius 3 is 2.38 bits per heavy atom. The second-order valence-corrected chi connectivity index (χ2v) is 3.18. The first kappa shape index (κ1) is 12.7. The van der Waals surface area contributed by atoms with Crippen LogP contribution in [-0.4, -0.2) is 24.9 Å². The van der Waals surface area contributed by atoms with Gasteiger partial charge in [-0.2, -0.15) is 0 Å². The summed E-state index contributed by atoms with van der Waals surface area (Å²) in [5.41, 5.74) is 0. The third-order valence-corrected chi connectivity index (χ3v) is 1.89. The molecule has 2 nitrogen and oxygen atoms in total. The summed E-state index contributed by atoms with van der Waals surface area (Å²) >= 11 is 0. The molecule has 2 heteroatoms. The molecule has 13 heavy (non-hydrogen) atoms. The summed E-state index contributed by atoms with van der Waals surface area (Å²) in [6.45, 7) is 5.45. The van der Waals surface area contributed by atoms with Gasteiger partial charge in [-0.25, -0.2) is 0 Å². The van der Waals surface area contributed by atoms with Gasteiger partial charge in [0.05, 0.1) is 0 Å². The van der Waals surface area contributed by atoms with Crippen LogP contribution in [0.4, 0.5) is 0 Å². The van der Waals surface area contributed by atoms with Crippen LogP contribution in [0, 0.1) is 0 Å². The lowest BCUT2D eigenvalue weighted by Crippen LogP contribution is -1.98. The van der Waals surface area contributed by atoms with E-state index in [1.54, 1.807) is 0 Å². The van der Waals surface area contributed by atoms with E-state index in [0.29, 0.717) is 6.61 Å². The zero-order chi connectivity index (χ0) is 9.78. The SMILES string of the molecule is C=CCCCCCCOCCCO. The highest BCUT2D eigenvalue weighted by atomic mass is 16.5. The van der Waals surface area contributed by atoms with Crippen molar-refractivity contribution in [2.24, 2.45) is 0 Å². The number of unbranched alkanes of at least 4 members (excludes halogenated alkanes) is 4. The van der Waals surface area contributed by atoms with Gasteiger partial charge in [-0.3, -0.25) is 0 Å². The Morgan fingerprint density at radius 2 is 1.69 bits per heavy atom. The molecule has 0 saturated heterocycles. The standard InChI is InChI=1S/C11H22O2/c1-2-3-4-5-6-7-10-13-11-8-9-12/h2,12H,1,3-11H2. The Kier molecular flexibility index (Phi) is 11.4. The van der Waals surface area contributed by atoms with Gasteiger partial charge in [-0.15, -0.1) is 6.58 Å². The number of ether oxygens (including phenoxy) is 1. The smallest absolute Gasteiger partial charge is 0.0487 e. The Labute approximate surface area is 81.6 Å². The number of aliphatic hydroxyl groups excluding tert-OH is 1. The van der Waals surface area contributed by atoms with E-state index in [1.165, 1.54) is 19.3 Å². The lowest BCUT2D eigenvalue weighted by Gasteiger charge is -2.02. The highest BCUT2D eigenvalue weighted by Crippen LogP contribution is 2.03. The molecule has 0 radical (unpaired) electrons. The van der Waals surface area contributed by atoms with E-state index in [4.69, 9.17) is 9.84 Å². The second kappa shape index (κ2) is 11.7. The molecule has 1 N–H and O–H groups in total. The molecular weight excluding hydrogens is 164 g/mol. The topological polar surface area (TPSA) is 29.5 Å². The number of hydrogen-bond acceptors (Lipinski definition) is 2. The van der Waals surface area contributed by atoms with Crippen LogP contribution >= 0.6 is 0 Å². The third kappa shape index (κ3) is 11.7. The Morgan fingerprint density at radius 1 is 1.00 bits per heavy atom. The third-order valence-electron chi connectivity index (χ3n) is 1.89. The Hall–Kier alpha value is -0.340. The summed E-state index contributed by atoms with van der Waals surface area (Å²) in [5.74, 6) is 0. The van der Waals surface area contributed by atoms with Crippen molar-refractivity contribution < 1.29 is 9.84 Å². The summed E-state index contributed by atoms with van der Waals surface area (Å²) in [6.07, 6.45) is 8.77. The van der Waals surface area contributed by atoms with Gasteiger partial charge >= 0.3 is 0 Å². The van der Waals surface area contributed by atoms with E-state index >= 15 is 0 Å². The van der Waals surface area contributed by atoms with Crippen molar-refractivity contribution in [2.75, 3.05) is 19.8 Å². The lowest BCUT2D eigenvalue weighted by atomic mass is 10.1. The molecule has 0 spiro atoms. The molecule has 0 saturated carbocycles. The Balaban J connectivity index is 2.79. The summed E-state index contributed by atoms with van der Waals surface area (Å²) in [4.78, 5) is 0. The fourth-order valence-corrected chi connectivity index (χ4v) is 1.12. The average Bonchev–Trinajstić information content (AvgIpc) is 2.16. The molecule has 0 bridgehead atoms. The summed E-state index contributed by atoms with van der Waals surface area (Å²) in [6, 6.07) is 0. The zero-order valence-electron chi connectivity index (χ0n) is 8.50. The fraction of sp³-hybridized carbons (Fsp3) is 0.818. The molecule has 0 unspecified atom stereocenters. The molecule has 0 amide bonds. The predicted octanol–water partition coefficient (Wildman–Crippen LogP) is 2.52. The minimum atomic E-state index is 0.235. The number of aliphatic hydroxyl groups is 1. The molecule has 0 aromatic heterocycles. The maximum Gasteiger partial charge on any atom is 0.0487 e.